The molecule has 2 aromatic carbocycles. The molecule has 0 aliphatic heterocycles. The van der Waals surface area contributed by atoms with Crippen molar-refractivity contribution in [3.8, 4) is 11.3 Å². The summed E-state index contributed by atoms with van der Waals surface area (Å²) in [6, 6.07) is 14.5. The monoisotopic (exact) mass is 665 g/mol. The van der Waals surface area contributed by atoms with Crippen molar-refractivity contribution in [3.05, 3.63) is 76.1 Å². The maximum atomic E-state index is 11.5. The number of aromatic nitrogens is 1. The fourth-order valence-electron chi connectivity index (χ4n) is 3.57. The number of pyridine rings is 1. The Balaban J connectivity index is 0.000000402. The van der Waals surface area contributed by atoms with E-state index in [-0.39, 0.29) is 37.1 Å². The van der Waals surface area contributed by atoms with Gasteiger partial charge >= 0.3 is 0 Å². The Labute approximate surface area is 231 Å². The zero-order valence-electron chi connectivity index (χ0n) is 23.8. The molecule has 0 saturated carbocycles. The molecule has 0 spiro atoms. The van der Waals surface area contributed by atoms with Crippen molar-refractivity contribution in [2.45, 2.75) is 82.6 Å². The zero-order valence-corrected chi connectivity index (χ0v) is 26.2. The molecule has 3 rings (SSSR count). The average Bonchev–Trinajstić information content (AvgIpc) is 2.72. The topological polar surface area (TPSA) is 50.2 Å². The van der Waals surface area contributed by atoms with E-state index in [0.29, 0.717) is 0 Å². The van der Waals surface area contributed by atoms with Crippen LogP contribution in [0.1, 0.15) is 76.3 Å². The van der Waals surface area contributed by atoms with Crippen molar-refractivity contribution >= 4 is 16.7 Å². The van der Waals surface area contributed by atoms with Gasteiger partial charge in [0.2, 0.25) is 0 Å². The number of benzene rings is 2. The number of nitrogens with zero attached hydrogens (tertiary/aromatic N) is 1. The van der Waals surface area contributed by atoms with E-state index < -0.39 is 5.41 Å². The van der Waals surface area contributed by atoms with E-state index >= 15 is 0 Å². The van der Waals surface area contributed by atoms with Crippen LogP contribution in [0.2, 0.25) is 0 Å². The van der Waals surface area contributed by atoms with E-state index in [9.17, 15) is 9.90 Å². The first-order valence-corrected chi connectivity index (χ1v) is 12.4. The predicted molar refractivity (Wildman–Crippen MR) is 149 cm³/mol. The maximum Gasteiger partial charge on any atom is 0.164 e. The molecule has 197 valence electrons. The normalized spacial score (nSPS) is 12.0. The van der Waals surface area contributed by atoms with Gasteiger partial charge in [-0.2, -0.15) is 0 Å². The fourth-order valence-corrected chi connectivity index (χ4v) is 3.57. The minimum atomic E-state index is -0.417. The summed E-state index contributed by atoms with van der Waals surface area (Å²) in [7, 11) is 0. The average molecular weight is 665 g/mol. The Hall–Kier alpha value is -2.29. The molecule has 3 aromatic rings. The van der Waals surface area contributed by atoms with E-state index in [4.69, 9.17) is 4.98 Å². The molecular weight excluding hydrogens is 623 g/mol. The van der Waals surface area contributed by atoms with E-state index in [2.05, 4.69) is 71.0 Å². The largest absolute Gasteiger partial charge is 0.512 e. The van der Waals surface area contributed by atoms with E-state index in [0.717, 1.165) is 23.2 Å². The van der Waals surface area contributed by atoms with Crippen molar-refractivity contribution in [3.63, 3.8) is 0 Å². The number of ketones is 1. The standard InChI is InChI=1S/C21H22N.C11H20O2.Ir/c1-6-17-12-18-10-15(4)16(5)11-20(18)22-21(17)19-8-13(2)7-14(3)9-19;1-10(2,3)8(12)7-9(13)11(4,5)6;/h7-8,10-12H,6H2,1-5H3;7,12H,1-6H3;/q-1;;/b;8-7-;. The van der Waals surface area contributed by atoms with Gasteiger partial charge < -0.3 is 5.11 Å². The molecule has 3 nitrogen and oxygen atoms in total. The van der Waals surface area contributed by atoms with E-state index in [1.807, 2.05) is 41.5 Å². The quantitative estimate of drug-likeness (QED) is 0.173. The van der Waals surface area contributed by atoms with Crippen LogP contribution in [0, 0.1) is 44.6 Å². The first-order chi connectivity index (χ1) is 16.0. The number of hydrogen-bond donors (Lipinski definition) is 1. The summed E-state index contributed by atoms with van der Waals surface area (Å²) >= 11 is 0. The summed E-state index contributed by atoms with van der Waals surface area (Å²) in [6.07, 6.45) is 2.31. The number of carbonyl (C=O) groups excluding carboxylic acids is 1. The van der Waals surface area contributed by atoms with E-state index in [1.54, 1.807) is 0 Å². The smallest absolute Gasteiger partial charge is 0.164 e. The van der Waals surface area contributed by atoms with Crippen molar-refractivity contribution < 1.29 is 30.0 Å². The number of aliphatic hydroxyl groups excluding tert-OH is 1. The van der Waals surface area contributed by atoms with Crippen LogP contribution in [-0.4, -0.2) is 15.9 Å². The van der Waals surface area contributed by atoms with Crippen LogP contribution in [0.25, 0.3) is 22.2 Å². The van der Waals surface area contributed by atoms with Gasteiger partial charge in [0, 0.05) is 37.0 Å². The summed E-state index contributed by atoms with van der Waals surface area (Å²) in [6.45, 7) is 21.8. The molecule has 1 N–H and O–H groups in total. The molecule has 0 amide bonds. The van der Waals surface area contributed by atoms with Crippen LogP contribution in [-0.2, 0) is 31.3 Å². The van der Waals surface area contributed by atoms with Crippen LogP contribution in [0.3, 0.4) is 0 Å². The molecule has 0 saturated heterocycles. The van der Waals surface area contributed by atoms with Gasteiger partial charge in [0.15, 0.2) is 5.78 Å². The van der Waals surface area contributed by atoms with Gasteiger partial charge in [-0.1, -0.05) is 73.9 Å². The van der Waals surface area contributed by atoms with Crippen molar-refractivity contribution in [1.82, 2.24) is 4.98 Å². The number of aryl methyl sites for hydroxylation is 5. The first kappa shape index (κ1) is 31.7. The van der Waals surface area contributed by atoms with Gasteiger partial charge in [0.1, 0.15) is 5.76 Å². The number of aliphatic hydroxyl groups is 1. The molecule has 1 heterocycles. The third-order valence-electron chi connectivity index (χ3n) is 6.07. The van der Waals surface area contributed by atoms with Crippen molar-refractivity contribution in [2.75, 3.05) is 0 Å². The maximum absolute atomic E-state index is 11.5. The number of fused-ring (bicyclic) bond motifs is 1. The van der Waals surface area contributed by atoms with Crippen molar-refractivity contribution in [1.29, 1.82) is 0 Å². The van der Waals surface area contributed by atoms with Gasteiger partial charge in [-0.3, -0.25) is 9.78 Å². The van der Waals surface area contributed by atoms with Crippen LogP contribution in [0.4, 0.5) is 0 Å². The van der Waals surface area contributed by atoms with Gasteiger partial charge in [-0.15, -0.1) is 34.9 Å². The molecule has 0 aliphatic rings. The second-order valence-electron chi connectivity index (χ2n) is 11.6. The van der Waals surface area contributed by atoms with Crippen LogP contribution >= 0.6 is 0 Å². The van der Waals surface area contributed by atoms with Crippen LogP contribution in [0.15, 0.2) is 42.2 Å². The summed E-state index contributed by atoms with van der Waals surface area (Å²) < 4.78 is 0. The number of carbonyl (C=O) groups is 1. The Morgan fingerprint density at radius 2 is 1.50 bits per heavy atom. The minimum absolute atomic E-state index is 0. The number of hydrogen-bond acceptors (Lipinski definition) is 3. The number of rotatable bonds is 3. The van der Waals surface area contributed by atoms with Gasteiger partial charge in [-0.05, 0) is 54.6 Å². The molecule has 0 fully saturated rings. The third kappa shape index (κ3) is 8.39. The first-order valence-electron chi connectivity index (χ1n) is 12.4. The van der Waals surface area contributed by atoms with Gasteiger partial charge in [0.05, 0.1) is 5.52 Å². The molecule has 0 aliphatic carbocycles. The Bertz CT molecular complexity index is 1240. The van der Waals surface area contributed by atoms with E-state index in [1.165, 1.54) is 39.3 Å². The molecule has 0 bridgehead atoms. The summed E-state index contributed by atoms with van der Waals surface area (Å²) in [5, 5.41) is 10.8. The molecule has 36 heavy (non-hydrogen) atoms. The minimum Gasteiger partial charge on any atom is -0.512 e. The third-order valence-corrected chi connectivity index (χ3v) is 6.07. The molecule has 4 heteroatoms. The Morgan fingerprint density at radius 3 is 2.00 bits per heavy atom. The molecular formula is C32H42IrNO2-. The van der Waals surface area contributed by atoms with Gasteiger partial charge in [0.25, 0.3) is 0 Å². The summed E-state index contributed by atoms with van der Waals surface area (Å²) in [5.74, 6) is 0.104. The van der Waals surface area contributed by atoms with Crippen molar-refractivity contribution in [2.24, 2.45) is 10.8 Å². The Morgan fingerprint density at radius 1 is 0.917 bits per heavy atom. The van der Waals surface area contributed by atoms with Gasteiger partial charge in [-0.25, -0.2) is 0 Å². The molecule has 0 atom stereocenters. The Kier molecular flexibility index (Phi) is 10.8. The second-order valence-corrected chi connectivity index (χ2v) is 11.6. The molecule has 1 aromatic heterocycles. The predicted octanol–water partition coefficient (Wildman–Crippen LogP) is 8.59. The summed E-state index contributed by atoms with van der Waals surface area (Å²) in [4.78, 5) is 16.5. The summed E-state index contributed by atoms with van der Waals surface area (Å²) in [5.41, 5.74) is 8.82. The molecule has 1 radical (unpaired) electrons. The molecule has 0 unspecified atom stereocenters. The zero-order chi connectivity index (χ0) is 26.7. The fraction of sp³-hybridized carbons (Fsp3) is 0.438. The van der Waals surface area contributed by atoms with Crippen LogP contribution in [0.5, 0.6) is 0 Å². The SMILES string of the molecule is CC(C)(C)C(=O)/C=C(\O)C(C)(C)C.CCc1cc2cc(C)c(C)cc2nc1-c1[c-]c(C)cc(C)c1.[Ir]. The van der Waals surface area contributed by atoms with Crippen LogP contribution < -0.4 is 0 Å². The number of allylic oxidation sites excluding steroid dienone is 2. The second kappa shape index (κ2) is 12.3.